The van der Waals surface area contributed by atoms with E-state index in [1.165, 1.54) is 31.5 Å². The standard InChI is InChI=1S/C19H15F3N6O2/c1-11(29)26-16-6-5-13(10-24-16)27-17-15(8-12(9-25-17)19(20,21)22)28-18(30)14-4-2-3-7-23-14/h2-10H,1H3,(H,25,27)(H,28,30)(H,24,26,29). The van der Waals surface area contributed by atoms with Crippen LogP contribution in [0.25, 0.3) is 0 Å². The Balaban J connectivity index is 1.89. The van der Waals surface area contributed by atoms with E-state index in [1.54, 1.807) is 18.2 Å². The minimum atomic E-state index is -4.64. The van der Waals surface area contributed by atoms with E-state index in [2.05, 4.69) is 30.9 Å². The Hall–Kier alpha value is -4.02. The van der Waals surface area contributed by atoms with Crippen molar-refractivity contribution in [3.05, 3.63) is 66.2 Å². The molecule has 0 aliphatic carbocycles. The number of anilines is 4. The lowest BCUT2D eigenvalue weighted by Crippen LogP contribution is -2.16. The highest BCUT2D eigenvalue weighted by Gasteiger charge is 2.32. The highest BCUT2D eigenvalue weighted by atomic mass is 19.4. The van der Waals surface area contributed by atoms with Crippen molar-refractivity contribution in [2.75, 3.05) is 16.0 Å². The molecule has 0 fully saturated rings. The summed E-state index contributed by atoms with van der Waals surface area (Å²) in [5.41, 5.74) is -0.804. The smallest absolute Gasteiger partial charge is 0.337 e. The van der Waals surface area contributed by atoms with Crippen LogP contribution in [0.3, 0.4) is 0 Å². The predicted octanol–water partition coefficient (Wildman–Crippen LogP) is 3.84. The Kier molecular flexibility index (Phi) is 5.90. The van der Waals surface area contributed by atoms with Crippen molar-refractivity contribution in [2.45, 2.75) is 13.1 Å². The van der Waals surface area contributed by atoms with Gasteiger partial charge in [-0.2, -0.15) is 13.2 Å². The Morgan fingerprint density at radius 3 is 2.37 bits per heavy atom. The van der Waals surface area contributed by atoms with Gasteiger partial charge in [-0.25, -0.2) is 9.97 Å². The van der Waals surface area contributed by atoms with Gasteiger partial charge in [0.2, 0.25) is 5.91 Å². The van der Waals surface area contributed by atoms with Gasteiger partial charge in [-0.3, -0.25) is 14.6 Å². The monoisotopic (exact) mass is 416 g/mol. The van der Waals surface area contributed by atoms with Gasteiger partial charge in [0.15, 0.2) is 5.82 Å². The third kappa shape index (κ3) is 5.28. The predicted molar refractivity (Wildman–Crippen MR) is 103 cm³/mol. The largest absolute Gasteiger partial charge is 0.417 e. The Labute approximate surface area is 168 Å². The number of aromatic nitrogens is 3. The SMILES string of the molecule is CC(=O)Nc1ccc(Nc2ncc(C(F)(F)F)cc2NC(=O)c2ccccn2)cn1. The van der Waals surface area contributed by atoms with Crippen LogP contribution in [0.15, 0.2) is 55.0 Å². The van der Waals surface area contributed by atoms with Crippen molar-refractivity contribution in [2.24, 2.45) is 0 Å². The van der Waals surface area contributed by atoms with Crippen LogP contribution in [0.5, 0.6) is 0 Å². The number of nitrogens with zero attached hydrogens (tertiary/aromatic N) is 3. The minimum absolute atomic E-state index is 0.0265. The van der Waals surface area contributed by atoms with Crippen LogP contribution in [0, 0.1) is 0 Å². The molecule has 0 atom stereocenters. The average Bonchev–Trinajstić information content (AvgIpc) is 2.70. The molecule has 11 heteroatoms. The number of rotatable bonds is 5. The van der Waals surface area contributed by atoms with E-state index in [-0.39, 0.29) is 23.1 Å². The molecule has 0 saturated carbocycles. The second kappa shape index (κ2) is 8.55. The average molecular weight is 416 g/mol. The maximum atomic E-state index is 13.1. The van der Waals surface area contributed by atoms with E-state index < -0.39 is 17.6 Å². The van der Waals surface area contributed by atoms with E-state index in [1.807, 2.05) is 0 Å². The van der Waals surface area contributed by atoms with Crippen LogP contribution in [0.2, 0.25) is 0 Å². The normalized spacial score (nSPS) is 10.9. The molecule has 8 nitrogen and oxygen atoms in total. The maximum Gasteiger partial charge on any atom is 0.417 e. The van der Waals surface area contributed by atoms with Gasteiger partial charge in [-0.15, -0.1) is 0 Å². The van der Waals surface area contributed by atoms with E-state index >= 15 is 0 Å². The fourth-order valence-corrected chi connectivity index (χ4v) is 2.36. The van der Waals surface area contributed by atoms with Gasteiger partial charge in [-0.1, -0.05) is 6.07 Å². The number of halogens is 3. The Morgan fingerprint density at radius 2 is 1.77 bits per heavy atom. The van der Waals surface area contributed by atoms with Gasteiger partial charge in [-0.05, 0) is 30.3 Å². The number of pyridine rings is 3. The van der Waals surface area contributed by atoms with Gasteiger partial charge in [0, 0.05) is 19.3 Å². The first-order valence-electron chi connectivity index (χ1n) is 8.52. The molecule has 2 amide bonds. The summed E-state index contributed by atoms with van der Waals surface area (Å²) in [6.07, 6.45) is -1.24. The summed E-state index contributed by atoms with van der Waals surface area (Å²) in [4.78, 5) is 35.1. The minimum Gasteiger partial charge on any atom is -0.337 e. The molecule has 154 valence electrons. The molecule has 0 aromatic carbocycles. The highest BCUT2D eigenvalue weighted by Crippen LogP contribution is 2.33. The van der Waals surface area contributed by atoms with Crippen LogP contribution in [0.1, 0.15) is 23.0 Å². The van der Waals surface area contributed by atoms with Gasteiger partial charge in [0.25, 0.3) is 5.91 Å². The molecular weight excluding hydrogens is 401 g/mol. The number of amides is 2. The summed E-state index contributed by atoms with van der Waals surface area (Å²) < 4.78 is 39.3. The first-order chi connectivity index (χ1) is 14.2. The molecule has 3 aromatic heterocycles. The molecule has 0 radical (unpaired) electrons. The summed E-state index contributed by atoms with van der Waals surface area (Å²) in [5, 5.41) is 7.69. The first-order valence-corrected chi connectivity index (χ1v) is 8.52. The Bertz CT molecular complexity index is 1060. The summed E-state index contributed by atoms with van der Waals surface area (Å²) in [5.74, 6) is -0.718. The Morgan fingerprint density at radius 1 is 0.967 bits per heavy atom. The number of carbonyl (C=O) groups excluding carboxylic acids is 2. The van der Waals surface area contributed by atoms with Crippen molar-refractivity contribution in [1.82, 2.24) is 15.0 Å². The zero-order chi connectivity index (χ0) is 21.7. The zero-order valence-corrected chi connectivity index (χ0v) is 15.5. The van der Waals surface area contributed by atoms with Gasteiger partial charge in [0.05, 0.1) is 23.1 Å². The molecule has 0 saturated heterocycles. The van der Waals surface area contributed by atoms with Crippen molar-refractivity contribution in [3.8, 4) is 0 Å². The third-order valence-electron chi connectivity index (χ3n) is 3.69. The lowest BCUT2D eigenvalue weighted by Gasteiger charge is -2.15. The van der Waals surface area contributed by atoms with E-state index in [9.17, 15) is 22.8 Å². The molecule has 30 heavy (non-hydrogen) atoms. The molecule has 0 aliphatic rings. The number of hydrogen-bond acceptors (Lipinski definition) is 6. The van der Waals surface area contributed by atoms with Crippen LogP contribution >= 0.6 is 0 Å². The van der Waals surface area contributed by atoms with Crippen LogP contribution in [-0.4, -0.2) is 26.8 Å². The van der Waals surface area contributed by atoms with E-state index in [4.69, 9.17) is 0 Å². The van der Waals surface area contributed by atoms with Crippen LogP contribution in [-0.2, 0) is 11.0 Å². The zero-order valence-electron chi connectivity index (χ0n) is 15.5. The molecule has 3 heterocycles. The molecule has 0 unspecified atom stereocenters. The van der Waals surface area contributed by atoms with Crippen LogP contribution < -0.4 is 16.0 Å². The molecule has 0 bridgehead atoms. The quantitative estimate of drug-likeness (QED) is 0.583. The van der Waals surface area contributed by atoms with Crippen molar-refractivity contribution >= 4 is 34.8 Å². The number of carbonyl (C=O) groups is 2. The first kappa shape index (κ1) is 20.7. The molecular formula is C19H15F3N6O2. The third-order valence-corrected chi connectivity index (χ3v) is 3.69. The van der Waals surface area contributed by atoms with Crippen LogP contribution in [0.4, 0.5) is 36.2 Å². The molecule has 0 aliphatic heterocycles. The molecule has 3 N–H and O–H groups in total. The lowest BCUT2D eigenvalue weighted by atomic mass is 10.2. The van der Waals surface area contributed by atoms with E-state index in [0.29, 0.717) is 17.7 Å². The fourth-order valence-electron chi connectivity index (χ4n) is 2.36. The summed E-state index contributed by atoms with van der Waals surface area (Å²) in [6, 6.07) is 8.42. The van der Waals surface area contributed by atoms with E-state index in [0.717, 1.165) is 6.07 Å². The number of hydrogen-bond donors (Lipinski definition) is 3. The lowest BCUT2D eigenvalue weighted by molar-refractivity contribution is -0.137. The maximum absolute atomic E-state index is 13.1. The second-order valence-corrected chi connectivity index (χ2v) is 6.03. The summed E-state index contributed by atoms with van der Waals surface area (Å²) in [6.45, 7) is 1.33. The molecule has 3 aromatic rings. The highest BCUT2D eigenvalue weighted by molar-refractivity contribution is 6.04. The molecule has 0 spiro atoms. The number of nitrogens with one attached hydrogen (secondary N) is 3. The van der Waals surface area contributed by atoms with Crippen molar-refractivity contribution in [1.29, 1.82) is 0 Å². The fraction of sp³-hybridized carbons (Fsp3) is 0.105. The molecule has 3 rings (SSSR count). The van der Waals surface area contributed by atoms with Crippen molar-refractivity contribution < 1.29 is 22.8 Å². The van der Waals surface area contributed by atoms with Gasteiger partial charge < -0.3 is 16.0 Å². The van der Waals surface area contributed by atoms with Crippen molar-refractivity contribution in [3.63, 3.8) is 0 Å². The second-order valence-electron chi connectivity index (χ2n) is 6.03. The topological polar surface area (TPSA) is 109 Å². The summed E-state index contributed by atoms with van der Waals surface area (Å²) >= 11 is 0. The van der Waals surface area contributed by atoms with Gasteiger partial charge in [0.1, 0.15) is 11.5 Å². The van der Waals surface area contributed by atoms with Gasteiger partial charge >= 0.3 is 6.18 Å². The summed E-state index contributed by atoms with van der Waals surface area (Å²) in [7, 11) is 0. The number of alkyl halides is 3.